The van der Waals surface area contributed by atoms with E-state index in [1.807, 2.05) is 37.4 Å². The van der Waals surface area contributed by atoms with Crippen LogP contribution < -0.4 is 5.73 Å². The van der Waals surface area contributed by atoms with E-state index < -0.39 is 0 Å². The van der Waals surface area contributed by atoms with Crippen molar-refractivity contribution in [3.8, 4) is 5.82 Å². The van der Waals surface area contributed by atoms with Crippen molar-refractivity contribution >= 4 is 17.2 Å². The first kappa shape index (κ1) is 17.1. The van der Waals surface area contributed by atoms with Gasteiger partial charge in [0, 0.05) is 22.8 Å². The zero-order valence-corrected chi connectivity index (χ0v) is 15.2. The lowest BCUT2D eigenvalue weighted by atomic mass is 10.2. The molecule has 0 unspecified atom stereocenters. The van der Waals surface area contributed by atoms with E-state index in [2.05, 4.69) is 27.1 Å². The molecule has 0 aliphatic rings. The molecule has 7 nitrogen and oxygen atoms in total. The number of hydrogen-bond donors (Lipinski definition) is 1. The Bertz CT molecular complexity index is 881. The van der Waals surface area contributed by atoms with Gasteiger partial charge in [-0.3, -0.25) is 0 Å². The summed E-state index contributed by atoms with van der Waals surface area (Å²) in [6.45, 7) is 6.31. The second-order valence-electron chi connectivity index (χ2n) is 5.58. The molecule has 8 heteroatoms. The van der Waals surface area contributed by atoms with Crippen LogP contribution >= 0.6 is 11.3 Å². The molecule has 0 aliphatic heterocycles. The minimum Gasteiger partial charge on any atom is -0.388 e. The van der Waals surface area contributed by atoms with Gasteiger partial charge in [0.15, 0.2) is 18.3 Å². The third-order valence-electron chi connectivity index (χ3n) is 3.55. The normalized spacial score (nSPS) is 11.7. The van der Waals surface area contributed by atoms with Gasteiger partial charge in [-0.05, 0) is 38.5 Å². The fourth-order valence-electron chi connectivity index (χ4n) is 2.32. The van der Waals surface area contributed by atoms with Crippen molar-refractivity contribution in [2.45, 2.75) is 33.8 Å². The SMILES string of the molecule is CCc1nc(CO/N=C(\N)c2ccc(-n3nc(C)cc3C)nc2)cs1. The number of oxime groups is 1. The number of hydrogen-bond acceptors (Lipinski definition) is 6. The Labute approximate surface area is 150 Å². The average Bonchev–Trinajstić information content (AvgIpc) is 3.20. The summed E-state index contributed by atoms with van der Waals surface area (Å²) < 4.78 is 1.79. The number of amidine groups is 1. The van der Waals surface area contributed by atoms with E-state index in [9.17, 15) is 0 Å². The molecule has 0 amide bonds. The van der Waals surface area contributed by atoms with Crippen molar-refractivity contribution in [1.82, 2.24) is 19.7 Å². The number of thiazole rings is 1. The molecule has 0 saturated carbocycles. The zero-order valence-electron chi connectivity index (χ0n) is 14.4. The van der Waals surface area contributed by atoms with E-state index in [1.165, 1.54) is 0 Å². The van der Waals surface area contributed by atoms with Gasteiger partial charge in [-0.15, -0.1) is 11.3 Å². The summed E-state index contributed by atoms with van der Waals surface area (Å²) in [6, 6.07) is 5.70. The molecule has 3 heterocycles. The predicted octanol–water partition coefficient (Wildman–Crippen LogP) is 2.74. The minimum absolute atomic E-state index is 0.276. The Morgan fingerprint density at radius 2 is 2.20 bits per heavy atom. The molecule has 0 radical (unpaired) electrons. The molecule has 0 spiro atoms. The molecule has 0 aliphatic carbocycles. The highest BCUT2D eigenvalue weighted by Crippen LogP contribution is 2.12. The van der Waals surface area contributed by atoms with Gasteiger partial charge in [0.25, 0.3) is 0 Å². The predicted molar refractivity (Wildman–Crippen MR) is 97.8 cm³/mol. The second-order valence-corrected chi connectivity index (χ2v) is 6.52. The Morgan fingerprint density at radius 1 is 1.36 bits per heavy atom. The summed E-state index contributed by atoms with van der Waals surface area (Å²) in [4.78, 5) is 14.1. The van der Waals surface area contributed by atoms with Gasteiger partial charge in [-0.2, -0.15) is 5.10 Å². The third kappa shape index (κ3) is 4.03. The molecule has 0 fully saturated rings. The van der Waals surface area contributed by atoms with Crippen molar-refractivity contribution in [1.29, 1.82) is 0 Å². The maximum Gasteiger partial charge on any atom is 0.171 e. The highest BCUT2D eigenvalue weighted by atomic mass is 32.1. The van der Waals surface area contributed by atoms with Crippen LogP contribution in [-0.2, 0) is 17.9 Å². The van der Waals surface area contributed by atoms with Crippen LogP contribution in [0.15, 0.2) is 34.9 Å². The van der Waals surface area contributed by atoms with Crippen molar-refractivity contribution < 1.29 is 4.84 Å². The van der Waals surface area contributed by atoms with Gasteiger partial charge in [0.05, 0.1) is 16.4 Å². The first-order valence-corrected chi connectivity index (χ1v) is 8.83. The summed E-state index contributed by atoms with van der Waals surface area (Å²) in [5.41, 5.74) is 9.48. The van der Waals surface area contributed by atoms with Crippen molar-refractivity contribution in [2.24, 2.45) is 10.9 Å². The van der Waals surface area contributed by atoms with Gasteiger partial charge in [-0.1, -0.05) is 12.1 Å². The zero-order chi connectivity index (χ0) is 17.8. The van der Waals surface area contributed by atoms with Crippen LogP contribution in [0.2, 0.25) is 0 Å². The quantitative estimate of drug-likeness (QED) is 0.416. The van der Waals surface area contributed by atoms with E-state index in [4.69, 9.17) is 10.6 Å². The van der Waals surface area contributed by atoms with Crippen molar-refractivity contribution in [3.63, 3.8) is 0 Å². The van der Waals surface area contributed by atoms with Gasteiger partial charge in [0.1, 0.15) is 0 Å². The van der Waals surface area contributed by atoms with E-state index in [0.29, 0.717) is 12.2 Å². The molecule has 0 bridgehead atoms. The topological polar surface area (TPSA) is 91.2 Å². The smallest absolute Gasteiger partial charge is 0.171 e. The molecule has 3 aromatic rings. The van der Waals surface area contributed by atoms with Crippen LogP contribution in [0.1, 0.15) is 34.6 Å². The summed E-state index contributed by atoms with van der Waals surface area (Å²) in [5.74, 6) is 1.01. The summed E-state index contributed by atoms with van der Waals surface area (Å²) in [5, 5.41) is 11.4. The van der Waals surface area contributed by atoms with E-state index in [1.54, 1.807) is 22.2 Å². The monoisotopic (exact) mass is 356 g/mol. The third-order valence-corrected chi connectivity index (χ3v) is 4.59. The number of aryl methyl sites for hydroxylation is 3. The number of nitrogens with zero attached hydrogens (tertiary/aromatic N) is 5. The fourth-order valence-corrected chi connectivity index (χ4v) is 3.05. The van der Waals surface area contributed by atoms with Gasteiger partial charge < -0.3 is 10.6 Å². The maximum atomic E-state index is 5.96. The average molecular weight is 356 g/mol. The standard InChI is InChI=1S/C17H20N6OS/c1-4-16-20-14(10-25-16)9-24-22-17(18)13-5-6-15(19-8-13)23-12(3)7-11(2)21-23/h5-8,10H,4,9H2,1-3H3,(H2,18,22). The van der Waals surface area contributed by atoms with Crippen LogP contribution in [0.3, 0.4) is 0 Å². The molecule has 25 heavy (non-hydrogen) atoms. The Kier molecular flexibility index (Phi) is 5.08. The molecular weight excluding hydrogens is 336 g/mol. The van der Waals surface area contributed by atoms with Crippen LogP contribution in [0.5, 0.6) is 0 Å². The van der Waals surface area contributed by atoms with E-state index in [0.717, 1.165) is 34.3 Å². The molecule has 0 atom stereocenters. The lowest BCUT2D eigenvalue weighted by Crippen LogP contribution is -2.15. The number of pyridine rings is 1. The summed E-state index contributed by atoms with van der Waals surface area (Å²) in [6.07, 6.45) is 2.58. The summed E-state index contributed by atoms with van der Waals surface area (Å²) >= 11 is 1.62. The molecule has 3 rings (SSSR count). The Morgan fingerprint density at radius 3 is 2.80 bits per heavy atom. The van der Waals surface area contributed by atoms with Gasteiger partial charge in [-0.25, -0.2) is 14.6 Å². The molecule has 130 valence electrons. The van der Waals surface area contributed by atoms with Crippen LogP contribution in [0.25, 0.3) is 5.82 Å². The number of rotatable bonds is 6. The van der Waals surface area contributed by atoms with Gasteiger partial charge >= 0.3 is 0 Å². The largest absolute Gasteiger partial charge is 0.388 e. The molecular formula is C17H20N6OS. The minimum atomic E-state index is 0.276. The van der Waals surface area contributed by atoms with E-state index >= 15 is 0 Å². The lowest BCUT2D eigenvalue weighted by molar-refractivity contribution is 0.128. The van der Waals surface area contributed by atoms with Crippen molar-refractivity contribution in [3.05, 3.63) is 57.4 Å². The Balaban J connectivity index is 1.65. The highest BCUT2D eigenvalue weighted by molar-refractivity contribution is 7.09. The molecule has 2 N–H and O–H groups in total. The number of nitrogens with two attached hydrogens (primary N) is 1. The van der Waals surface area contributed by atoms with Crippen LogP contribution in [-0.4, -0.2) is 25.6 Å². The van der Waals surface area contributed by atoms with Gasteiger partial charge in [0.2, 0.25) is 0 Å². The number of aromatic nitrogens is 4. The molecule has 3 aromatic heterocycles. The maximum absolute atomic E-state index is 5.96. The van der Waals surface area contributed by atoms with Crippen molar-refractivity contribution in [2.75, 3.05) is 0 Å². The fraction of sp³-hybridized carbons (Fsp3) is 0.294. The van der Waals surface area contributed by atoms with Crippen LogP contribution in [0.4, 0.5) is 0 Å². The first-order chi connectivity index (χ1) is 12.1. The second kappa shape index (κ2) is 7.43. The highest BCUT2D eigenvalue weighted by Gasteiger charge is 2.07. The summed E-state index contributed by atoms with van der Waals surface area (Å²) in [7, 11) is 0. The lowest BCUT2D eigenvalue weighted by Gasteiger charge is -2.05. The van der Waals surface area contributed by atoms with Crippen LogP contribution in [0, 0.1) is 13.8 Å². The first-order valence-electron chi connectivity index (χ1n) is 7.95. The molecule has 0 aromatic carbocycles. The van der Waals surface area contributed by atoms with E-state index in [-0.39, 0.29) is 5.84 Å². The molecule has 0 saturated heterocycles. The Hall–Kier alpha value is -2.74.